The van der Waals surface area contributed by atoms with Crippen LogP contribution in [0.15, 0.2) is 24.3 Å². The van der Waals surface area contributed by atoms with E-state index in [9.17, 15) is 5.11 Å². The van der Waals surface area contributed by atoms with Gasteiger partial charge in [-0.2, -0.15) is 0 Å². The molecule has 4 nitrogen and oxygen atoms in total. The topological polar surface area (TPSA) is 44.7 Å². The van der Waals surface area contributed by atoms with Crippen molar-refractivity contribution in [3.05, 3.63) is 24.3 Å². The quantitative estimate of drug-likeness (QED) is 0.884. The monoisotopic (exact) mass is 278 g/mol. The Labute approximate surface area is 121 Å². The van der Waals surface area contributed by atoms with Crippen LogP contribution in [0.3, 0.4) is 0 Å². The number of anilines is 1. The molecule has 0 saturated heterocycles. The van der Waals surface area contributed by atoms with Crippen LogP contribution in [0, 0.1) is 0 Å². The van der Waals surface area contributed by atoms with Gasteiger partial charge in [0.25, 0.3) is 0 Å². The van der Waals surface area contributed by atoms with E-state index in [-0.39, 0.29) is 11.6 Å². The summed E-state index contributed by atoms with van der Waals surface area (Å²) in [6.07, 6.45) is 0.592. The lowest BCUT2D eigenvalue weighted by molar-refractivity contribution is 0.165. The van der Waals surface area contributed by atoms with Gasteiger partial charge in [0.05, 0.1) is 18.4 Å². The van der Waals surface area contributed by atoms with Gasteiger partial charge in [0, 0.05) is 25.2 Å². The van der Waals surface area contributed by atoms with Crippen molar-refractivity contribution in [2.45, 2.75) is 38.8 Å². The Kier molecular flexibility index (Phi) is 4.89. The number of benzene rings is 1. The highest BCUT2D eigenvalue weighted by Crippen LogP contribution is 2.30. The lowest BCUT2D eigenvalue weighted by atomic mass is 10.1. The van der Waals surface area contributed by atoms with Crippen molar-refractivity contribution < 1.29 is 9.84 Å². The molecule has 20 heavy (non-hydrogen) atoms. The molecule has 2 rings (SSSR count). The molecule has 0 fully saturated rings. The van der Waals surface area contributed by atoms with Crippen molar-refractivity contribution in [3.63, 3.8) is 0 Å². The lowest BCUT2D eigenvalue weighted by Crippen LogP contribution is -2.45. The van der Waals surface area contributed by atoms with Gasteiger partial charge in [-0.25, -0.2) is 0 Å². The summed E-state index contributed by atoms with van der Waals surface area (Å²) in [5.74, 6) is 0.918. The predicted molar refractivity (Wildman–Crippen MR) is 82.5 cm³/mol. The molecular weight excluding hydrogens is 252 g/mol. The van der Waals surface area contributed by atoms with Crippen LogP contribution in [0.1, 0.15) is 27.2 Å². The minimum Gasteiger partial charge on any atom is -0.491 e. The van der Waals surface area contributed by atoms with Gasteiger partial charge in [-0.05, 0) is 39.3 Å². The lowest BCUT2D eigenvalue weighted by Gasteiger charge is -2.28. The summed E-state index contributed by atoms with van der Waals surface area (Å²) in [4.78, 5) is 2.22. The summed E-state index contributed by atoms with van der Waals surface area (Å²) in [5.41, 5.74) is 1.11. The third-order valence-corrected chi connectivity index (χ3v) is 3.34. The number of ether oxygens (including phenoxy) is 1. The maximum absolute atomic E-state index is 10.2. The molecule has 1 aromatic carbocycles. The second-order valence-corrected chi connectivity index (χ2v) is 6.40. The zero-order valence-corrected chi connectivity index (χ0v) is 12.7. The Morgan fingerprint density at radius 1 is 1.35 bits per heavy atom. The number of hydrogen-bond donors (Lipinski definition) is 2. The maximum atomic E-state index is 10.2. The zero-order valence-electron chi connectivity index (χ0n) is 12.7. The van der Waals surface area contributed by atoms with Gasteiger partial charge in [-0.1, -0.05) is 12.1 Å². The average molecular weight is 278 g/mol. The van der Waals surface area contributed by atoms with Gasteiger partial charge in [-0.3, -0.25) is 0 Å². The molecular formula is C16H26N2O2. The molecule has 0 aliphatic carbocycles. The number of fused-ring (bicyclic) bond motifs is 1. The van der Waals surface area contributed by atoms with E-state index in [1.165, 1.54) is 0 Å². The Morgan fingerprint density at radius 3 is 2.85 bits per heavy atom. The minimum absolute atomic E-state index is 0.0286. The summed E-state index contributed by atoms with van der Waals surface area (Å²) in [5, 5.41) is 13.6. The summed E-state index contributed by atoms with van der Waals surface area (Å²) >= 11 is 0. The van der Waals surface area contributed by atoms with Crippen molar-refractivity contribution in [2.75, 3.05) is 31.1 Å². The molecule has 1 heterocycles. The van der Waals surface area contributed by atoms with E-state index >= 15 is 0 Å². The first kappa shape index (κ1) is 15.1. The number of nitrogens with zero attached hydrogens (tertiary/aromatic N) is 1. The first-order chi connectivity index (χ1) is 9.46. The molecule has 0 spiro atoms. The number of rotatable bonds is 4. The standard InChI is InChI=1S/C16H26N2O2/c1-16(2,3)17-11-13(19)12-18-9-6-10-20-15-8-5-4-7-14(15)18/h4-5,7-8,13,17,19H,6,9-12H2,1-3H3. The summed E-state index contributed by atoms with van der Waals surface area (Å²) in [6.45, 7) is 9.21. The molecule has 1 aliphatic heterocycles. The van der Waals surface area contributed by atoms with Crippen LogP contribution in [0.5, 0.6) is 5.75 Å². The first-order valence-electron chi connectivity index (χ1n) is 7.35. The Hall–Kier alpha value is -1.26. The number of para-hydroxylation sites is 2. The molecule has 4 heteroatoms. The molecule has 1 atom stereocenters. The molecule has 112 valence electrons. The highest BCUT2D eigenvalue weighted by Gasteiger charge is 2.19. The number of nitrogens with one attached hydrogen (secondary N) is 1. The summed E-state index contributed by atoms with van der Waals surface area (Å²) in [7, 11) is 0. The molecule has 0 bridgehead atoms. The fourth-order valence-electron chi connectivity index (χ4n) is 2.33. The smallest absolute Gasteiger partial charge is 0.142 e. The first-order valence-corrected chi connectivity index (χ1v) is 7.35. The van der Waals surface area contributed by atoms with Crippen LogP contribution in [0.25, 0.3) is 0 Å². The molecule has 0 radical (unpaired) electrons. The van der Waals surface area contributed by atoms with Crippen molar-refractivity contribution in [2.24, 2.45) is 0 Å². The van der Waals surface area contributed by atoms with Crippen molar-refractivity contribution in [1.82, 2.24) is 5.32 Å². The van der Waals surface area contributed by atoms with E-state index in [0.29, 0.717) is 13.1 Å². The van der Waals surface area contributed by atoms with Gasteiger partial charge in [-0.15, -0.1) is 0 Å². The van der Waals surface area contributed by atoms with Crippen molar-refractivity contribution >= 4 is 5.69 Å². The van der Waals surface area contributed by atoms with Crippen LogP contribution >= 0.6 is 0 Å². The Balaban J connectivity index is 1.98. The Morgan fingerprint density at radius 2 is 2.10 bits per heavy atom. The SMILES string of the molecule is CC(C)(C)NCC(O)CN1CCCOc2ccccc21. The second-order valence-electron chi connectivity index (χ2n) is 6.40. The molecule has 0 saturated carbocycles. The fourth-order valence-corrected chi connectivity index (χ4v) is 2.33. The summed E-state index contributed by atoms with van der Waals surface area (Å²) in [6, 6.07) is 8.05. The largest absolute Gasteiger partial charge is 0.491 e. The van der Waals surface area contributed by atoms with E-state index in [0.717, 1.165) is 31.0 Å². The van der Waals surface area contributed by atoms with Gasteiger partial charge in [0.15, 0.2) is 0 Å². The molecule has 0 aromatic heterocycles. The molecule has 0 amide bonds. The van der Waals surface area contributed by atoms with Gasteiger partial charge in [0.1, 0.15) is 5.75 Å². The van der Waals surface area contributed by atoms with Gasteiger partial charge < -0.3 is 20.1 Å². The van der Waals surface area contributed by atoms with E-state index in [1.54, 1.807) is 0 Å². The van der Waals surface area contributed by atoms with Crippen LogP contribution in [0.2, 0.25) is 0 Å². The number of aliphatic hydroxyl groups is 1. The van der Waals surface area contributed by atoms with E-state index in [1.807, 2.05) is 18.2 Å². The molecule has 1 aromatic rings. The number of hydrogen-bond acceptors (Lipinski definition) is 4. The van der Waals surface area contributed by atoms with Gasteiger partial charge >= 0.3 is 0 Å². The number of aliphatic hydroxyl groups excluding tert-OH is 1. The molecule has 2 N–H and O–H groups in total. The summed E-state index contributed by atoms with van der Waals surface area (Å²) < 4.78 is 5.74. The average Bonchev–Trinajstić information content (AvgIpc) is 2.59. The number of β-amino-alcohol motifs (C(OH)–C–C–N with tert-alkyl or cyclic N) is 1. The second kappa shape index (κ2) is 6.46. The van der Waals surface area contributed by atoms with E-state index in [4.69, 9.17) is 4.74 Å². The highest BCUT2D eigenvalue weighted by atomic mass is 16.5. The Bertz CT molecular complexity index is 429. The fraction of sp³-hybridized carbons (Fsp3) is 0.625. The zero-order chi connectivity index (χ0) is 14.6. The van der Waals surface area contributed by atoms with Crippen LogP contribution in [-0.4, -0.2) is 43.0 Å². The van der Waals surface area contributed by atoms with E-state index in [2.05, 4.69) is 37.1 Å². The van der Waals surface area contributed by atoms with Gasteiger partial charge in [0.2, 0.25) is 0 Å². The van der Waals surface area contributed by atoms with Crippen molar-refractivity contribution in [3.8, 4) is 5.75 Å². The molecule has 1 aliphatic rings. The molecule has 1 unspecified atom stereocenters. The third kappa shape index (κ3) is 4.39. The van der Waals surface area contributed by atoms with Crippen LogP contribution < -0.4 is 15.0 Å². The third-order valence-electron chi connectivity index (χ3n) is 3.34. The highest BCUT2D eigenvalue weighted by molar-refractivity contribution is 5.59. The normalized spacial score (nSPS) is 17.1. The minimum atomic E-state index is -0.389. The predicted octanol–water partition coefficient (Wildman–Crippen LogP) is 2.02. The van der Waals surface area contributed by atoms with Crippen LogP contribution in [0.4, 0.5) is 5.69 Å². The van der Waals surface area contributed by atoms with E-state index < -0.39 is 0 Å². The van der Waals surface area contributed by atoms with Crippen LogP contribution in [-0.2, 0) is 0 Å². The maximum Gasteiger partial charge on any atom is 0.142 e. The van der Waals surface area contributed by atoms with Crippen molar-refractivity contribution in [1.29, 1.82) is 0 Å².